The highest BCUT2D eigenvalue weighted by Gasteiger charge is 2.06. The van der Waals surface area contributed by atoms with Crippen molar-refractivity contribution in [1.82, 2.24) is 14.9 Å². The van der Waals surface area contributed by atoms with Crippen molar-refractivity contribution in [2.24, 2.45) is 0 Å². The van der Waals surface area contributed by atoms with E-state index in [0.29, 0.717) is 24.5 Å². The summed E-state index contributed by atoms with van der Waals surface area (Å²) in [5.41, 5.74) is 1.49. The molecule has 160 valence electrons. The first-order chi connectivity index (χ1) is 14.5. The second kappa shape index (κ2) is 10.9. The fourth-order valence-electron chi connectivity index (χ4n) is 2.95. The van der Waals surface area contributed by atoms with E-state index in [1.54, 1.807) is 25.1 Å². The summed E-state index contributed by atoms with van der Waals surface area (Å²) in [6.07, 6.45) is 2.14. The Morgan fingerprint density at radius 3 is 2.83 bits per heavy atom. The lowest BCUT2D eigenvalue weighted by Crippen LogP contribution is -2.18. The first-order valence-corrected chi connectivity index (χ1v) is 10.9. The lowest BCUT2D eigenvalue weighted by molar-refractivity contribution is 0.344. The molecule has 8 heteroatoms. The lowest BCUT2D eigenvalue weighted by Gasteiger charge is -2.07. The highest BCUT2D eigenvalue weighted by molar-refractivity contribution is 7.98. The zero-order valence-electron chi connectivity index (χ0n) is 17.6. The number of hydrogen-bond donors (Lipinski definition) is 2. The Kier molecular flexibility index (Phi) is 7.98. The molecule has 0 bridgehead atoms. The highest BCUT2D eigenvalue weighted by atomic mass is 32.2. The molecule has 0 saturated heterocycles. The summed E-state index contributed by atoms with van der Waals surface area (Å²) in [7, 11) is 5.67. The molecule has 3 rings (SSSR count). The van der Waals surface area contributed by atoms with E-state index in [1.165, 1.54) is 0 Å². The number of nitrogens with one attached hydrogen (secondary N) is 2. The number of H-pyrrole nitrogens is 1. The molecule has 0 aliphatic heterocycles. The van der Waals surface area contributed by atoms with Crippen molar-refractivity contribution in [3.05, 3.63) is 75.6 Å². The van der Waals surface area contributed by atoms with Crippen molar-refractivity contribution in [1.29, 1.82) is 0 Å². The van der Waals surface area contributed by atoms with E-state index < -0.39 is 0 Å². The Morgan fingerprint density at radius 2 is 2.07 bits per heavy atom. The highest BCUT2D eigenvalue weighted by Crippen LogP contribution is 2.17. The van der Waals surface area contributed by atoms with Crippen molar-refractivity contribution in [2.75, 3.05) is 38.8 Å². The first kappa shape index (κ1) is 22.0. The lowest BCUT2D eigenvalue weighted by atomic mass is 10.1. The van der Waals surface area contributed by atoms with Crippen LogP contribution in [0.4, 0.5) is 5.95 Å². The third-order valence-electron chi connectivity index (χ3n) is 4.37. The Labute approximate surface area is 180 Å². The van der Waals surface area contributed by atoms with E-state index in [9.17, 15) is 4.79 Å². The fraction of sp³-hybridized carbons (Fsp3) is 0.364. The van der Waals surface area contributed by atoms with Crippen LogP contribution in [-0.2, 0) is 18.7 Å². The van der Waals surface area contributed by atoms with Crippen LogP contribution < -0.4 is 15.6 Å². The maximum atomic E-state index is 12.4. The summed E-state index contributed by atoms with van der Waals surface area (Å²) >= 11 is 1.77. The molecule has 2 N–H and O–H groups in total. The largest absolute Gasteiger partial charge is 0.497 e. The zero-order valence-corrected chi connectivity index (χ0v) is 18.4. The van der Waals surface area contributed by atoms with Gasteiger partial charge in [0.1, 0.15) is 17.3 Å². The van der Waals surface area contributed by atoms with E-state index in [2.05, 4.69) is 20.2 Å². The molecule has 0 saturated carbocycles. The third-order valence-corrected chi connectivity index (χ3v) is 5.36. The number of rotatable bonds is 11. The second-order valence-corrected chi connectivity index (χ2v) is 8.30. The molecule has 1 aromatic carbocycles. The van der Waals surface area contributed by atoms with Crippen LogP contribution in [0, 0.1) is 0 Å². The average Bonchev–Trinajstić information content (AvgIpc) is 3.16. The summed E-state index contributed by atoms with van der Waals surface area (Å²) in [5, 5.41) is 3.17. The van der Waals surface area contributed by atoms with Gasteiger partial charge in [-0.1, -0.05) is 12.1 Å². The predicted octanol–water partition coefficient (Wildman–Crippen LogP) is 3.37. The first-order valence-electron chi connectivity index (χ1n) is 9.78. The predicted molar refractivity (Wildman–Crippen MR) is 121 cm³/mol. The number of thioether (sulfide) groups is 1. The molecule has 0 spiro atoms. The van der Waals surface area contributed by atoms with Crippen LogP contribution in [0.1, 0.15) is 22.6 Å². The zero-order chi connectivity index (χ0) is 21.3. The smallest absolute Gasteiger partial charge is 0.255 e. The second-order valence-electron chi connectivity index (χ2n) is 7.20. The molecule has 30 heavy (non-hydrogen) atoms. The molecule has 2 aromatic heterocycles. The number of ether oxygens (including phenoxy) is 1. The molecular weight excluding hydrogens is 400 g/mol. The van der Waals surface area contributed by atoms with Crippen molar-refractivity contribution in [2.45, 2.75) is 18.7 Å². The number of hydrogen-bond acceptors (Lipinski definition) is 7. The summed E-state index contributed by atoms with van der Waals surface area (Å²) in [6.45, 7) is 1.51. The number of aromatic amines is 1. The van der Waals surface area contributed by atoms with Gasteiger partial charge in [0.2, 0.25) is 5.95 Å². The van der Waals surface area contributed by atoms with Crippen LogP contribution >= 0.6 is 11.8 Å². The van der Waals surface area contributed by atoms with Crippen molar-refractivity contribution >= 4 is 17.7 Å². The van der Waals surface area contributed by atoms with Crippen molar-refractivity contribution in [3.63, 3.8) is 0 Å². The molecule has 0 atom stereocenters. The standard InChI is InChI=1S/C22H28N4O3S/c1-26(2)14-19-7-8-20(29-19)15-30-10-9-23-22-24-13-17(21(27)25-22)11-16-5-4-6-18(12-16)28-3/h4-8,12-13H,9-11,14-15H2,1-3H3,(H2,23,24,25,27). The van der Waals surface area contributed by atoms with E-state index >= 15 is 0 Å². The molecule has 0 fully saturated rings. The Morgan fingerprint density at radius 1 is 1.23 bits per heavy atom. The third kappa shape index (κ3) is 6.67. The monoisotopic (exact) mass is 428 g/mol. The minimum Gasteiger partial charge on any atom is -0.497 e. The molecule has 0 aliphatic rings. The van der Waals surface area contributed by atoms with Gasteiger partial charge in [-0.25, -0.2) is 4.98 Å². The molecule has 2 heterocycles. The van der Waals surface area contributed by atoms with Crippen LogP contribution in [0.5, 0.6) is 5.75 Å². The van der Waals surface area contributed by atoms with Gasteiger partial charge in [0.25, 0.3) is 5.56 Å². The van der Waals surface area contributed by atoms with E-state index in [0.717, 1.165) is 40.9 Å². The summed E-state index contributed by atoms with van der Waals surface area (Å²) < 4.78 is 11.0. The topological polar surface area (TPSA) is 83.4 Å². The number of nitrogens with zero attached hydrogens (tertiary/aromatic N) is 2. The van der Waals surface area contributed by atoms with Gasteiger partial charge in [-0.2, -0.15) is 11.8 Å². The number of methoxy groups -OCH3 is 1. The molecule has 7 nitrogen and oxygen atoms in total. The molecule has 0 amide bonds. The summed E-state index contributed by atoms with van der Waals surface area (Å²) in [6, 6.07) is 11.7. The number of benzene rings is 1. The van der Waals surface area contributed by atoms with Gasteiger partial charge < -0.3 is 19.4 Å². The van der Waals surface area contributed by atoms with E-state index in [-0.39, 0.29) is 5.56 Å². The van der Waals surface area contributed by atoms with Crippen LogP contribution in [-0.4, -0.2) is 48.4 Å². The summed E-state index contributed by atoms with van der Waals surface area (Å²) in [5.74, 6) is 4.91. The van der Waals surface area contributed by atoms with Crippen molar-refractivity contribution < 1.29 is 9.15 Å². The normalized spacial score (nSPS) is 11.1. The van der Waals surface area contributed by atoms with Gasteiger partial charge >= 0.3 is 0 Å². The Hall–Kier alpha value is -2.71. The van der Waals surface area contributed by atoms with Crippen LogP contribution in [0.25, 0.3) is 0 Å². The number of aromatic nitrogens is 2. The fourth-order valence-corrected chi connectivity index (χ4v) is 3.70. The molecule has 0 unspecified atom stereocenters. The quantitative estimate of drug-likeness (QED) is 0.453. The molecule has 3 aromatic rings. The molecular formula is C22H28N4O3S. The van der Waals surface area contributed by atoms with Gasteiger partial charge in [0, 0.05) is 30.5 Å². The Bertz CT molecular complexity index is 1000. The van der Waals surface area contributed by atoms with Crippen molar-refractivity contribution in [3.8, 4) is 5.75 Å². The van der Waals surface area contributed by atoms with Gasteiger partial charge in [-0.05, 0) is 43.9 Å². The summed E-state index contributed by atoms with van der Waals surface area (Å²) in [4.78, 5) is 21.6. The minimum atomic E-state index is -0.132. The van der Waals surface area contributed by atoms with Gasteiger partial charge in [-0.15, -0.1) is 0 Å². The van der Waals surface area contributed by atoms with E-state index in [1.807, 2.05) is 50.5 Å². The van der Waals surface area contributed by atoms with Crippen LogP contribution in [0.2, 0.25) is 0 Å². The SMILES string of the molecule is COc1cccc(Cc2cnc(NCCSCc3ccc(CN(C)C)o3)[nH]c2=O)c1. The molecule has 0 aliphatic carbocycles. The van der Waals surface area contributed by atoms with Gasteiger partial charge in [0.15, 0.2) is 0 Å². The van der Waals surface area contributed by atoms with Crippen LogP contribution in [0.3, 0.4) is 0 Å². The van der Waals surface area contributed by atoms with Gasteiger partial charge in [0.05, 0.1) is 19.4 Å². The van der Waals surface area contributed by atoms with Gasteiger partial charge in [-0.3, -0.25) is 9.78 Å². The maximum absolute atomic E-state index is 12.4. The maximum Gasteiger partial charge on any atom is 0.255 e. The van der Waals surface area contributed by atoms with Crippen LogP contribution in [0.15, 0.2) is 51.8 Å². The average molecular weight is 429 g/mol. The Balaban J connectivity index is 1.43. The number of anilines is 1. The molecule has 0 radical (unpaired) electrons. The minimum absolute atomic E-state index is 0.132. The van der Waals surface area contributed by atoms with E-state index in [4.69, 9.17) is 9.15 Å². The number of furan rings is 1.